The fourth-order valence-electron chi connectivity index (χ4n) is 3.58. The molecule has 0 radical (unpaired) electrons. The van der Waals surface area contributed by atoms with Crippen molar-refractivity contribution in [3.63, 3.8) is 0 Å². The summed E-state index contributed by atoms with van der Waals surface area (Å²) in [4.78, 5) is 0. The molecule has 0 aliphatic carbocycles. The van der Waals surface area contributed by atoms with Gasteiger partial charge in [0.1, 0.15) is 0 Å². The van der Waals surface area contributed by atoms with Crippen LogP contribution >= 0.6 is 0 Å². The largest absolute Gasteiger partial charge is 0.493 e. The first-order valence-electron chi connectivity index (χ1n) is 9.35. The Morgan fingerprint density at radius 3 is 2.25 bits per heavy atom. The monoisotopic (exact) mass is 404 g/mol. The molecule has 2 aromatic rings. The van der Waals surface area contributed by atoms with Crippen molar-refractivity contribution in [3.8, 4) is 11.5 Å². The van der Waals surface area contributed by atoms with E-state index in [2.05, 4.69) is 0 Å². The zero-order valence-electron chi connectivity index (χ0n) is 17.0. The van der Waals surface area contributed by atoms with Crippen molar-refractivity contribution in [1.82, 2.24) is 8.61 Å². The van der Waals surface area contributed by atoms with Gasteiger partial charge in [-0.25, -0.2) is 0 Å². The molecule has 0 amide bonds. The molecule has 28 heavy (non-hydrogen) atoms. The fourth-order valence-corrected chi connectivity index (χ4v) is 5.27. The number of nitrogens with zero attached hydrogens (tertiary/aromatic N) is 2. The quantitative estimate of drug-likeness (QED) is 0.742. The predicted octanol–water partition coefficient (Wildman–Crippen LogP) is 3.24. The normalized spacial score (nSPS) is 17.6. The standard InChI is InChI=1S/C21H28N2O4S/c1-15(2)22(3)28(24,25)23-12-11-17-13-19(26-4)20(27-5)14-18(17)21(23)16-9-7-6-8-10-16/h6-10,13-15,21H,11-12H2,1-5H3. The van der Waals surface area contributed by atoms with E-state index in [1.807, 2.05) is 56.3 Å². The number of hydrogen-bond donors (Lipinski definition) is 0. The maximum absolute atomic E-state index is 13.4. The van der Waals surface area contributed by atoms with E-state index in [0.29, 0.717) is 24.5 Å². The molecule has 0 N–H and O–H groups in total. The van der Waals surface area contributed by atoms with Gasteiger partial charge in [-0.05, 0) is 49.1 Å². The lowest BCUT2D eigenvalue weighted by atomic mass is 9.89. The second-order valence-electron chi connectivity index (χ2n) is 7.20. The van der Waals surface area contributed by atoms with Crippen molar-refractivity contribution in [2.45, 2.75) is 32.4 Å². The molecular formula is C21H28N2O4S. The lowest BCUT2D eigenvalue weighted by molar-refractivity contribution is 0.293. The second-order valence-corrected chi connectivity index (χ2v) is 9.14. The molecular weight excluding hydrogens is 376 g/mol. The Balaban J connectivity index is 2.20. The van der Waals surface area contributed by atoms with Crippen LogP contribution < -0.4 is 9.47 Å². The first kappa shape index (κ1) is 20.6. The van der Waals surface area contributed by atoms with Crippen LogP contribution in [0.4, 0.5) is 0 Å². The van der Waals surface area contributed by atoms with E-state index in [9.17, 15) is 8.42 Å². The van der Waals surface area contributed by atoms with E-state index >= 15 is 0 Å². The average Bonchev–Trinajstić information content (AvgIpc) is 2.71. The third-order valence-electron chi connectivity index (χ3n) is 5.33. The van der Waals surface area contributed by atoms with Crippen LogP contribution in [0.5, 0.6) is 11.5 Å². The van der Waals surface area contributed by atoms with E-state index in [0.717, 1.165) is 16.7 Å². The van der Waals surface area contributed by atoms with E-state index < -0.39 is 16.3 Å². The zero-order chi connectivity index (χ0) is 20.5. The van der Waals surface area contributed by atoms with Crippen molar-refractivity contribution < 1.29 is 17.9 Å². The molecule has 0 spiro atoms. The molecule has 0 fully saturated rings. The summed E-state index contributed by atoms with van der Waals surface area (Å²) in [6.45, 7) is 4.16. The Bertz CT molecular complexity index is 929. The number of rotatable bonds is 6. The van der Waals surface area contributed by atoms with Gasteiger partial charge in [0, 0.05) is 19.6 Å². The van der Waals surface area contributed by atoms with Gasteiger partial charge in [0.15, 0.2) is 11.5 Å². The minimum atomic E-state index is -3.64. The van der Waals surface area contributed by atoms with E-state index in [1.165, 1.54) is 4.31 Å². The van der Waals surface area contributed by atoms with Crippen LogP contribution in [0, 0.1) is 0 Å². The van der Waals surface area contributed by atoms with Crippen LogP contribution in [0.1, 0.15) is 36.6 Å². The smallest absolute Gasteiger partial charge is 0.282 e. The molecule has 0 bridgehead atoms. The van der Waals surface area contributed by atoms with Crippen LogP contribution in [-0.4, -0.2) is 50.9 Å². The number of fused-ring (bicyclic) bond motifs is 1. The molecule has 0 saturated heterocycles. The summed E-state index contributed by atoms with van der Waals surface area (Å²) in [6.07, 6.45) is 0.615. The first-order valence-corrected chi connectivity index (χ1v) is 10.8. The Kier molecular flexibility index (Phi) is 5.98. The Morgan fingerprint density at radius 1 is 1.07 bits per heavy atom. The van der Waals surface area contributed by atoms with Crippen molar-refractivity contribution in [1.29, 1.82) is 0 Å². The summed E-state index contributed by atoms with van der Waals surface area (Å²) in [6, 6.07) is 13.0. The highest BCUT2D eigenvalue weighted by molar-refractivity contribution is 7.86. The highest BCUT2D eigenvalue weighted by atomic mass is 32.2. The van der Waals surface area contributed by atoms with Gasteiger partial charge in [-0.3, -0.25) is 0 Å². The summed E-state index contributed by atoms with van der Waals surface area (Å²) < 4.78 is 40.7. The maximum Gasteiger partial charge on any atom is 0.282 e. The lowest BCUT2D eigenvalue weighted by Gasteiger charge is -2.39. The van der Waals surface area contributed by atoms with Gasteiger partial charge in [-0.1, -0.05) is 30.3 Å². The molecule has 0 saturated carbocycles. The van der Waals surface area contributed by atoms with Gasteiger partial charge in [0.2, 0.25) is 0 Å². The molecule has 3 rings (SSSR count). The average molecular weight is 405 g/mol. The van der Waals surface area contributed by atoms with Gasteiger partial charge in [0.05, 0.1) is 20.3 Å². The highest BCUT2D eigenvalue weighted by Crippen LogP contribution is 2.42. The molecule has 2 aromatic carbocycles. The third kappa shape index (κ3) is 3.62. The van der Waals surface area contributed by atoms with Crippen molar-refractivity contribution in [2.75, 3.05) is 27.8 Å². The summed E-state index contributed by atoms with van der Waals surface area (Å²) >= 11 is 0. The molecule has 1 atom stereocenters. The van der Waals surface area contributed by atoms with E-state index in [-0.39, 0.29) is 6.04 Å². The number of methoxy groups -OCH3 is 2. The van der Waals surface area contributed by atoms with Crippen LogP contribution in [0.3, 0.4) is 0 Å². The van der Waals surface area contributed by atoms with Crippen LogP contribution in [0.25, 0.3) is 0 Å². The topological polar surface area (TPSA) is 59.1 Å². The van der Waals surface area contributed by atoms with Crippen LogP contribution in [0.15, 0.2) is 42.5 Å². The first-order chi connectivity index (χ1) is 13.3. The lowest BCUT2D eigenvalue weighted by Crippen LogP contribution is -2.49. The SMILES string of the molecule is COc1cc2c(cc1OC)C(c1ccccc1)N(S(=O)(=O)N(C)C(C)C)CC2. The van der Waals surface area contributed by atoms with Gasteiger partial charge in [-0.15, -0.1) is 0 Å². The Morgan fingerprint density at radius 2 is 1.68 bits per heavy atom. The van der Waals surface area contributed by atoms with Crippen molar-refractivity contribution >= 4 is 10.2 Å². The minimum Gasteiger partial charge on any atom is -0.493 e. The molecule has 1 unspecified atom stereocenters. The van der Waals surface area contributed by atoms with Crippen LogP contribution in [-0.2, 0) is 16.6 Å². The summed E-state index contributed by atoms with van der Waals surface area (Å²) in [5.74, 6) is 1.25. The van der Waals surface area contributed by atoms with E-state index in [1.54, 1.807) is 25.6 Å². The number of hydrogen-bond acceptors (Lipinski definition) is 4. The zero-order valence-corrected chi connectivity index (χ0v) is 17.9. The predicted molar refractivity (Wildman–Crippen MR) is 110 cm³/mol. The van der Waals surface area contributed by atoms with E-state index in [4.69, 9.17) is 9.47 Å². The van der Waals surface area contributed by atoms with Gasteiger partial charge < -0.3 is 9.47 Å². The van der Waals surface area contributed by atoms with Crippen molar-refractivity contribution in [2.24, 2.45) is 0 Å². The summed E-state index contributed by atoms with van der Waals surface area (Å²) in [5, 5.41) is 0. The summed E-state index contributed by atoms with van der Waals surface area (Å²) in [7, 11) is 1.19. The molecule has 0 aromatic heterocycles. The van der Waals surface area contributed by atoms with Gasteiger partial charge >= 0.3 is 0 Å². The van der Waals surface area contributed by atoms with Gasteiger partial charge in [0.25, 0.3) is 10.2 Å². The minimum absolute atomic E-state index is 0.131. The molecule has 1 heterocycles. The van der Waals surface area contributed by atoms with Gasteiger partial charge in [-0.2, -0.15) is 17.0 Å². The number of ether oxygens (including phenoxy) is 2. The molecule has 1 aliphatic heterocycles. The molecule has 152 valence electrons. The molecule has 6 nitrogen and oxygen atoms in total. The fraction of sp³-hybridized carbons (Fsp3) is 0.429. The van der Waals surface area contributed by atoms with Crippen molar-refractivity contribution in [3.05, 3.63) is 59.2 Å². The third-order valence-corrected chi connectivity index (χ3v) is 7.47. The molecule has 7 heteroatoms. The summed E-state index contributed by atoms with van der Waals surface area (Å²) in [5.41, 5.74) is 2.93. The second kappa shape index (κ2) is 8.11. The maximum atomic E-state index is 13.4. The molecule has 1 aliphatic rings. The van der Waals surface area contributed by atoms with Crippen LogP contribution in [0.2, 0.25) is 0 Å². The number of benzene rings is 2. The highest BCUT2D eigenvalue weighted by Gasteiger charge is 2.39. The Labute approximate surface area is 167 Å². The Hall–Kier alpha value is -2.09.